The summed E-state index contributed by atoms with van der Waals surface area (Å²) in [5.74, 6) is 1.31. The summed E-state index contributed by atoms with van der Waals surface area (Å²) in [6.07, 6.45) is 11.0. The zero-order valence-corrected chi connectivity index (χ0v) is 14.9. The molecule has 23 heavy (non-hydrogen) atoms. The topological polar surface area (TPSA) is 65.5 Å². The normalized spacial score (nSPS) is 21.4. The van der Waals surface area contributed by atoms with Gasteiger partial charge in [-0.25, -0.2) is 0 Å². The Hall–Kier alpha value is -1.26. The minimum atomic E-state index is 0.230. The summed E-state index contributed by atoms with van der Waals surface area (Å²) in [4.78, 5) is 16.3. The SMILES string of the molecule is CCC1(CNC(=NC)NCCNC(=O)C2CCCCC2)CCC1. The maximum Gasteiger partial charge on any atom is 0.223 e. The highest BCUT2D eigenvalue weighted by molar-refractivity contribution is 5.80. The lowest BCUT2D eigenvalue weighted by molar-refractivity contribution is -0.125. The maximum atomic E-state index is 12.1. The fourth-order valence-corrected chi connectivity index (χ4v) is 3.70. The Balaban J connectivity index is 1.59. The second kappa shape index (κ2) is 9.14. The van der Waals surface area contributed by atoms with Crippen molar-refractivity contribution in [3.63, 3.8) is 0 Å². The van der Waals surface area contributed by atoms with Crippen molar-refractivity contribution in [1.82, 2.24) is 16.0 Å². The van der Waals surface area contributed by atoms with Gasteiger partial charge >= 0.3 is 0 Å². The number of aliphatic imine (C=N–C) groups is 1. The van der Waals surface area contributed by atoms with Crippen LogP contribution in [0, 0.1) is 11.3 Å². The van der Waals surface area contributed by atoms with Crippen LogP contribution < -0.4 is 16.0 Å². The van der Waals surface area contributed by atoms with E-state index in [0.717, 1.165) is 31.9 Å². The van der Waals surface area contributed by atoms with Crippen LogP contribution in [0.3, 0.4) is 0 Å². The van der Waals surface area contributed by atoms with Gasteiger partial charge in [0.25, 0.3) is 0 Å². The Labute approximate surface area is 141 Å². The van der Waals surface area contributed by atoms with Crippen LogP contribution in [0.15, 0.2) is 4.99 Å². The van der Waals surface area contributed by atoms with Crippen LogP contribution in [0.1, 0.15) is 64.7 Å². The molecular weight excluding hydrogens is 288 g/mol. The van der Waals surface area contributed by atoms with Crippen molar-refractivity contribution < 1.29 is 4.79 Å². The first kappa shape index (κ1) is 18.1. The fraction of sp³-hybridized carbons (Fsp3) is 0.889. The third-order valence-corrected chi connectivity index (χ3v) is 5.71. The van der Waals surface area contributed by atoms with E-state index in [0.29, 0.717) is 12.0 Å². The fourth-order valence-electron chi connectivity index (χ4n) is 3.70. The summed E-state index contributed by atoms with van der Waals surface area (Å²) in [7, 11) is 1.80. The minimum Gasteiger partial charge on any atom is -0.356 e. The van der Waals surface area contributed by atoms with Crippen molar-refractivity contribution in [2.45, 2.75) is 64.7 Å². The number of rotatable bonds is 7. The Bertz CT molecular complexity index is 392. The molecule has 0 saturated heterocycles. The summed E-state index contributed by atoms with van der Waals surface area (Å²) in [5.41, 5.74) is 0.479. The van der Waals surface area contributed by atoms with Gasteiger partial charge in [-0.05, 0) is 37.5 Å². The van der Waals surface area contributed by atoms with E-state index in [4.69, 9.17) is 0 Å². The molecule has 132 valence electrons. The highest BCUT2D eigenvalue weighted by Crippen LogP contribution is 2.42. The second-order valence-corrected chi connectivity index (χ2v) is 7.19. The predicted molar refractivity (Wildman–Crippen MR) is 95.5 cm³/mol. The summed E-state index contributed by atoms with van der Waals surface area (Å²) < 4.78 is 0. The Morgan fingerprint density at radius 1 is 1.04 bits per heavy atom. The summed E-state index contributed by atoms with van der Waals surface area (Å²) in [6, 6.07) is 0. The van der Waals surface area contributed by atoms with E-state index in [1.54, 1.807) is 7.05 Å². The lowest BCUT2D eigenvalue weighted by Gasteiger charge is -2.41. The van der Waals surface area contributed by atoms with Crippen molar-refractivity contribution in [2.75, 3.05) is 26.7 Å². The molecule has 0 unspecified atom stereocenters. The van der Waals surface area contributed by atoms with E-state index < -0.39 is 0 Å². The highest BCUT2D eigenvalue weighted by Gasteiger charge is 2.34. The van der Waals surface area contributed by atoms with Gasteiger partial charge in [0, 0.05) is 32.6 Å². The number of carbonyl (C=O) groups excluding carboxylic acids is 1. The molecule has 0 atom stereocenters. The van der Waals surface area contributed by atoms with Crippen LogP contribution in [-0.2, 0) is 4.79 Å². The zero-order valence-electron chi connectivity index (χ0n) is 14.9. The third-order valence-electron chi connectivity index (χ3n) is 5.71. The molecule has 0 aromatic rings. The van der Waals surface area contributed by atoms with Crippen LogP contribution in [-0.4, -0.2) is 38.5 Å². The lowest BCUT2D eigenvalue weighted by Crippen LogP contribution is -2.47. The van der Waals surface area contributed by atoms with Gasteiger partial charge in [-0.3, -0.25) is 9.79 Å². The quantitative estimate of drug-likeness (QED) is 0.383. The molecule has 0 radical (unpaired) electrons. The van der Waals surface area contributed by atoms with Crippen molar-refractivity contribution >= 4 is 11.9 Å². The largest absolute Gasteiger partial charge is 0.356 e. The van der Waals surface area contributed by atoms with Crippen LogP contribution >= 0.6 is 0 Å². The van der Waals surface area contributed by atoms with Gasteiger partial charge in [0.2, 0.25) is 5.91 Å². The standard InChI is InChI=1S/C18H34N4O/c1-3-18(10-7-11-18)14-22-17(19-2)21-13-12-20-16(23)15-8-5-4-6-9-15/h15H,3-14H2,1-2H3,(H,20,23)(H2,19,21,22). The van der Waals surface area contributed by atoms with E-state index in [1.165, 1.54) is 44.9 Å². The first-order chi connectivity index (χ1) is 11.2. The highest BCUT2D eigenvalue weighted by atomic mass is 16.1. The Morgan fingerprint density at radius 2 is 1.74 bits per heavy atom. The number of nitrogens with zero attached hydrogens (tertiary/aromatic N) is 1. The van der Waals surface area contributed by atoms with Crippen LogP contribution in [0.2, 0.25) is 0 Å². The summed E-state index contributed by atoms with van der Waals surface area (Å²) >= 11 is 0. The second-order valence-electron chi connectivity index (χ2n) is 7.19. The molecule has 3 N–H and O–H groups in total. The lowest BCUT2D eigenvalue weighted by atomic mass is 9.67. The summed E-state index contributed by atoms with van der Waals surface area (Å²) in [5, 5.41) is 9.79. The van der Waals surface area contributed by atoms with Crippen LogP contribution in [0.25, 0.3) is 0 Å². The molecule has 0 bridgehead atoms. The number of nitrogens with one attached hydrogen (secondary N) is 3. The Morgan fingerprint density at radius 3 is 2.30 bits per heavy atom. The number of hydrogen-bond donors (Lipinski definition) is 3. The molecule has 2 saturated carbocycles. The van der Waals surface area contributed by atoms with Crippen molar-refractivity contribution in [1.29, 1.82) is 0 Å². The zero-order chi connectivity index (χ0) is 16.5. The molecule has 0 aliphatic heterocycles. The molecule has 2 aliphatic carbocycles. The van der Waals surface area contributed by atoms with Gasteiger partial charge in [0.15, 0.2) is 5.96 Å². The van der Waals surface area contributed by atoms with E-state index in [1.807, 2.05) is 0 Å². The molecule has 2 fully saturated rings. The van der Waals surface area contributed by atoms with Crippen molar-refractivity contribution in [2.24, 2.45) is 16.3 Å². The van der Waals surface area contributed by atoms with Gasteiger partial charge < -0.3 is 16.0 Å². The molecule has 2 rings (SSSR count). The first-order valence-corrected chi connectivity index (χ1v) is 9.41. The van der Waals surface area contributed by atoms with Crippen molar-refractivity contribution in [3.8, 4) is 0 Å². The average molecular weight is 322 g/mol. The molecular formula is C18H34N4O. The molecule has 1 amide bonds. The molecule has 0 aromatic heterocycles. The minimum absolute atomic E-state index is 0.230. The molecule has 0 spiro atoms. The van der Waals surface area contributed by atoms with Gasteiger partial charge in [-0.15, -0.1) is 0 Å². The van der Waals surface area contributed by atoms with E-state index in [-0.39, 0.29) is 11.8 Å². The van der Waals surface area contributed by atoms with Gasteiger partial charge in [-0.2, -0.15) is 0 Å². The molecule has 5 nitrogen and oxygen atoms in total. The number of hydrogen-bond acceptors (Lipinski definition) is 2. The third kappa shape index (κ3) is 5.40. The first-order valence-electron chi connectivity index (χ1n) is 9.41. The van der Waals surface area contributed by atoms with Gasteiger partial charge in [-0.1, -0.05) is 32.6 Å². The molecule has 2 aliphatic rings. The summed E-state index contributed by atoms with van der Waals surface area (Å²) in [6.45, 7) is 4.65. The maximum absolute atomic E-state index is 12.1. The molecule has 5 heteroatoms. The van der Waals surface area contributed by atoms with Gasteiger partial charge in [0.1, 0.15) is 0 Å². The Kier molecular flexibility index (Phi) is 7.18. The van der Waals surface area contributed by atoms with E-state index in [9.17, 15) is 4.79 Å². The molecule has 0 aromatic carbocycles. The van der Waals surface area contributed by atoms with Crippen molar-refractivity contribution in [3.05, 3.63) is 0 Å². The molecule has 0 heterocycles. The van der Waals surface area contributed by atoms with Crippen LogP contribution in [0.5, 0.6) is 0 Å². The predicted octanol–water partition coefficient (Wildman–Crippen LogP) is 2.43. The smallest absolute Gasteiger partial charge is 0.223 e. The van der Waals surface area contributed by atoms with Crippen LogP contribution in [0.4, 0.5) is 0 Å². The van der Waals surface area contributed by atoms with E-state index in [2.05, 4.69) is 27.9 Å². The number of carbonyl (C=O) groups is 1. The number of guanidine groups is 1. The monoisotopic (exact) mass is 322 g/mol. The van der Waals surface area contributed by atoms with E-state index >= 15 is 0 Å². The van der Waals surface area contributed by atoms with Gasteiger partial charge in [0.05, 0.1) is 0 Å². The average Bonchev–Trinajstić information content (AvgIpc) is 2.56. The number of amides is 1.